The van der Waals surface area contributed by atoms with Crippen molar-refractivity contribution in [2.75, 3.05) is 26.7 Å². The van der Waals surface area contributed by atoms with Gasteiger partial charge in [-0.1, -0.05) is 13.8 Å². The molecule has 0 saturated heterocycles. The summed E-state index contributed by atoms with van der Waals surface area (Å²) >= 11 is 0. The van der Waals surface area contributed by atoms with Crippen LogP contribution in [0, 0.1) is 0 Å². The van der Waals surface area contributed by atoms with Crippen molar-refractivity contribution in [3.05, 3.63) is 0 Å². The summed E-state index contributed by atoms with van der Waals surface area (Å²) in [5, 5.41) is 3.05. The number of amides is 1. The van der Waals surface area contributed by atoms with Crippen molar-refractivity contribution < 1.29 is 4.79 Å². The van der Waals surface area contributed by atoms with Crippen LogP contribution in [-0.2, 0) is 4.79 Å². The second-order valence-electron chi connectivity index (χ2n) is 2.56. The van der Waals surface area contributed by atoms with Crippen LogP contribution >= 0.6 is 0 Å². The van der Waals surface area contributed by atoms with Crippen LogP contribution in [0.3, 0.4) is 0 Å². The summed E-state index contributed by atoms with van der Waals surface area (Å²) in [6, 6.07) is 0. The summed E-state index contributed by atoms with van der Waals surface area (Å²) in [4.78, 5) is 12.7. The van der Waals surface area contributed by atoms with Crippen LogP contribution in [0.5, 0.6) is 0 Å². The molecule has 0 aliphatic carbocycles. The van der Waals surface area contributed by atoms with Gasteiger partial charge in [0.15, 0.2) is 0 Å². The molecule has 0 bridgehead atoms. The van der Waals surface area contributed by atoms with E-state index in [4.69, 9.17) is 0 Å². The monoisotopic (exact) mass is 188 g/mol. The lowest BCUT2D eigenvalue weighted by Crippen LogP contribution is -2.30. The van der Waals surface area contributed by atoms with E-state index in [1.807, 2.05) is 32.7 Å². The van der Waals surface area contributed by atoms with Gasteiger partial charge in [-0.2, -0.15) is 0 Å². The molecule has 0 unspecified atom stereocenters. The maximum Gasteiger partial charge on any atom is 0.219 e. The molecule has 0 spiro atoms. The standard InChI is InChI=1S/C8H18N2O.C2H6/c1-4-10(8(2)11)7-5-6-9-3;1-2/h9H,4-7H2,1-3H3;1-2H3. The molecule has 80 valence electrons. The van der Waals surface area contributed by atoms with Crippen molar-refractivity contribution >= 4 is 5.91 Å². The predicted octanol–water partition coefficient (Wildman–Crippen LogP) is 1.49. The van der Waals surface area contributed by atoms with E-state index in [0.29, 0.717) is 0 Å². The third-order valence-corrected chi connectivity index (χ3v) is 1.68. The van der Waals surface area contributed by atoms with Gasteiger partial charge in [0.1, 0.15) is 0 Å². The molecule has 1 amide bonds. The highest BCUT2D eigenvalue weighted by Gasteiger charge is 2.03. The lowest BCUT2D eigenvalue weighted by Gasteiger charge is -2.18. The Kier molecular flexibility index (Phi) is 13.1. The molecule has 13 heavy (non-hydrogen) atoms. The molecule has 0 rings (SSSR count). The zero-order valence-electron chi connectivity index (χ0n) is 9.68. The van der Waals surface area contributed by atoms with Gasteiger partial charge >= 0.3 is 0 Å². The maximum atomic E-state index is 10.9. The Labute approximate surface area is 82.5 Å². The molecule has 0 aromatic carbocycles. The van der Waals surface area contributed by atoms with Crippen molar-refractivity contribution in [2.45, 2.75) is 34.1 Å². The van der Waals surface area contributed by atoms with Gasteiger partial charge in [-0.3, -0.25) is 4.79 Å². The van der Waals surface area contributed by atoms with Gasteiger partial charge in [0, 0.05) is 20.0 Å². The number of carbonyl (C=O) groups excluding carboxylic acids is 1. The van der Waals surface area contributed by atoms with Gasteiger partial charge in [-0.05, 0) is 26.9 Å². The Morgan fingerprint density at radius 2 is 1.92 bits per heavy atom. The third-order valence-electron chi connectivity index (χ3n) is 1.68. The predicted molar refractivity (Wildman–Crippen MR) is 57.8 cm³/mol. The Morgan fingerprint density at radius 3 is 2.23 bits per heavy atom. The summed E-state index contributed by atoms with van der Waals surface area (Å²) in [6.45, 7) is 10.3. The van der Waals surface area contributed by atoms with Crippen LogP contribution in [0.25, 0.3) is 0 Å². The number of carbonyl (C=O) groups is 1. The fourth-order valence-electron chi connectivity index (χ4n) is 0.985. The second-order valence-corrected chi connectivity index (χ2v) is 2.56. The summed E-state index contributed by atoms with van der Waals surface area (Å²) in [6.07, 6.45) is 1.03. The third kappa shape index (κ3) is 9.34. The van der Waals surface area contributed by atoms with Crippen LogP contribution < -0.4 is 5.32 Å². The van der Waals surface area contributed by atoms with Crippen molar-refractivity contribution in [2.24, 2.45) is 0 Å². The van der Waals surface area contributed by atoms with Crippen LogP contribution in [0.4, 0.5) is 0 Å². The Hall–Kier alpha value is -0.570. The Morgan fingerprint density at radius 1 is 1.38 bits per heavy atom. The molecule has 0 saturated carbocycles. The van der Waals surface area contributed by atoms with Gasteiger partial charge in [0.25, 0.3) is 0 Å². The van der Waals surface area contributed by atoms with E-state index in [0.717, 1.165) is 26.1 Å². The van der Waals surface area contributed by atoms with Crippen molar-refractivity contribution in [3.8, 4) is 0 Å². The highest BCUT2D eigenvalue weighted by molar-refractivity contribution is 5.73. The van der Waals surface area contributed by atoms with E-state index >= 15 is 0 Å². The van der Waals surface area contributed by atoms with Crippen LogP contribution in [0.15, 0.2) is 0 Å². The van der Waals surface area contributed by atoms with Crippen LogP contribution in [0.1, 0.15) is 34.1 Å². The second kappa shape index (κ2) is 11.4. The summed E-state index contributed by atoms with van der Waals surface area (Å²) in [5.74, 6) is 0.170. The number of hydrogen-bond donors (Lipinski definition) is 1. The zero-order chi connectivity index (χ0) is 10.7. The first kappa shape index (κ1) is 14.9. The number of nitrogens with zero attached hydrogens (tertiary/aromatic N) is 1. The highest BCUT2D eigenvalue weighted by Crippen LogP contribution is 1.90. The number of hydrogen-bond acceptors (Lipinski definition) is 2. The van der Waals surface area contributed by atoms with Gasteiger partial charge in [0.05, 0.1) is 0 Å². The van der Waals surface area contributed by atoms with Crippen LogP contribution in [-0.4, -0.2) is 37.5 Å². The molecular weight excluding hydrogens is 164 g/mol. The minimum absolute atomic E-state index is 0.170. The van der Waals surface area contributed by atoms with Crippen molar-refractivity contribution in [1.29, 1.82) is 0 Å². The average molecular weight is 188 g/mol. The molecule has 0 radical (unpaired) electrons. The van der Waals surface area contributed by atoms with E-state index in [2.05, 4.69) is 5.32 Å². The zero-order valence-corrected chi connectivity index (χ0v) is 9.68. The molecule has 0 aliphatic rings. The van der Waals surface area contributed by atoms with E-state index in [-0.39, 0.29) is 5.91 Å². The topological polar surface area (TPSA) is 32.3 Å². The van der Waals surface area contributed by atoms with E-state index in [1.54, 1.807) is 6.92 Å². The number of nitrogens with one attached hydrogen (secondary N) is 1. The molecule has 1 N–H and O–H groups in total. The molecule has 0 heterocycles. The van der Waals surface area contributed by atoms with E-state index in [9.17, 15) is 4.79 Å². The normalized spacial score (nSPS) is 8.69. The van der Waals surface area contributed by atoms with Gasteiger partial charge < -0.3 is 10.2 Å². The quantitative estimate of drug-likeness (QED) is 0.663. The van der Waals surface area contributed by atoms with Crippen molar-refractivity contribution in [1.82, 2.24) is 10.2 Å². The molecule has 0 aromatic rings. The molecule has 3 heteroatoms. The molecule has 0 aliphatic heterocycles. The summed E-state index contributed by atoms with van der Waals surface area (Å²) < 4.78 is 0. The van der Waals surface area contributed by atoms with Gasteiger partial charge in [0.2, 0.25) is 5.91 Å². The van der Waals surface area contributed by atoms with E-state index < -0.39 is 0 Å². The minimum Gasteiger partial charge on any atom is -0.343 e. The molecule has 3 nitrogen and oxygen atoms in total. The smallest absolute Gasteiger partial charge is 0.219 e. The Balaban J connectivity index is 0. The largest absolute Gasteiger partial charge is 0.343 e. The van der Waals surface area contributed by atoms with Crippen LogP contribution in [0.2, 0.25) is 0 Å². The fraction of sp³-hybridized carbons (Fsp3) is 0.900. The van der Waals surface area contributed by atoms with E-state index in [1.165, 1.54) is 0 Å². The SMILES string of the molecule is CC.CCN(CCCNC)C(C)=O. The molecule has 0 aromatic heterocycles. The van der Waals surface area contributed by atoms with Gasteiger partial charge in [-0.15, -0.1) is 0 Å². The summed E-state index contributed by atoms with van der Waals surface area (Å²) in [7, 11) is 1.92. The average Bonchev–Trinajstić information content (AvgIpc) is 2.15. The number of rotatable bonds is 5. The Bertz CT molecular complexity index is 115. The first-order valence-electron chi connectivity index (χ1n) is 5.12. The fourth-order valence-corrected chi connectivity index (χ4v) is 0.985. The molecule has 0 fully saturated rings. The molecular formula is C10H24N2O. The first-order valence-corrected chi connectivity index (χ1v) is 5.12. The highest BCUT2D eigenvalue weighted by atomic mass is 16.2. The van der Waals surface area contributed by atoms with Gasteiger partial charge in [-0.25, -0.2) is 0 Å². The maximum absolute atomic E-state index is 10.9. The van der Waals surface area contributed by atoms with Crippen molar-refractivity contribution in [3.63, 3.8) is 0 Å². The first-order chi connectivity index (χ1) is 6.22. The molecule has 0 atom stereocenters. The summed E-state index contributed by atoms with van der Waals surface area (Å²) in [5.41, 5.74) is 0. The lowest BCUT2D eigenvalue weighted by atomic mass is 10.3. The lowest BCUT2D eigenvalue weighted by molar-refractivity contribution is -0.128. The minimum atomic E-state index is 0.170.